The molecule has 3 atom stereocenters. The van der Waals surface area contributed by atoms with Gasteiger partial charge in [-0.25, -0.2) is 0 Å². The zero-order valence-electron chi connectivity index (χ0n) is 13.4. The van der Waals surface area contributed by atoms with E-state index in [1.165, 1.54) is 18.5 Å². The zero-order chi connectivity index (χ0) is 15.8. The highest BCUT2D eigenvalue weighted by Gasteiger charge is 2.36. The highest BCUT2D eigenvalue weighted by Crippen LogP contribution is 2.38. The number of nitrogens with zero attached hydrogens (tertiary/aromatic N) is 1. The van der Waals surface area contributed by atoms with E-state index < -0.39 is 0 Å². The molecule has 2 fully saturated rings. The summed E-state index contributed by atoms with van der Waals surface area (Å²) in [4.78, 5) is 20.2. The molecule has 5 nitrogen and oxygen atoms in total. The van der Waals surface area contributed by atoms with Crippen molar-refractivity contribution in [3.63, 3.8) is 0 Å². The van der Waals surface area contributed by atoms with Crippen LogP contribution in [0.2, 0.25) is 0 Å². The smallest absolute Gasteiger partial charge is 0.244 e. The molecule has 1 saturated heterocycles. The van der Waals surface area contributed by atoms with Crippen LogP contribution in [0, 0.1) is 5.92 Å². The molecule has 122 valence electrons. The molecule has 0 aromatic heterocycles. The molecule has 0 spiro atoms. The minimum absolute atomic E-state index is 0.00719. The van der Waals surface area contributed by atoms with Crippen LogP contribution in [0.15, 0.2) is 42.2 Å². The van der Waals surface area contributed by atoms with Crippen molar-refractivity contribution >= 4 is 11.6 Å². The van der Waals surface area contributed by atoms with E-state index in [4.69, 9.17) is 4.84 Å². The summed E-state index contributed by atoms with van der Waals surface area (Å²) < 4.78 is 0. The number of hydroxylamine groups is 1. The molecule has 1 aromatic rings. The lowest BCUT2D eigenvalue weighted by molar-refractivity contribution is -0.124. The van der Waals surface area contributed by atoms with Gasteiger partial charge in [-0.3, -0.25) is 4.79 Å². The number of carbonyl (C=O) groups is 1. The van der Waals surface area contributed by atoms with Crippen molar-refractivity contribution in [1.29, 1.82) is 0 Å². The van der Waals surface area contributed by atoms with Crippen molar-refractivity contribution < 1.29 is 9.63 Å². The summed E-state index contributed by atoms with van der Waals surface area (Å²) in [6.07, 6.45) is 5.25. The van der Waals surface area contributed by atoms with Crippen LogP contribution in [0.1, 0.15) is 26.2 Å². The van der Waals surface area contributed by atoms with E-state index in [-0.39, 0.29) is 18.0 Å². The van der Waals surface area contributed by atoms with Gasteiger partial charge in [0, 0.05) is 30.2 Å². The highest BCUT2D eigenvalue weighted by molar-refractivity contribution is 5.84. The quantitative estimate of drug-likeness (QED) is 0.892. The van der Waals surface area contributed by atoms with E-state index in [0.717, 1.165) is 18.7 Å². The molecule has 1 amide bonds. The predicted molar refractivity (Wildman–Crippen MR) is 88.6 cm³/mol. The van der Waals surface area contributed by atoms with Gasteiger partial charge in [-0.1, -0.05) is 18.2 Å². The fraction of sp³-hybridized carbons (Fsp3) is 0.500. The lowest BCUT2D eigenvalue weighted by Gasteiger charge is -2.23. The Bertz CT molecular complexity index is 612. The maximum absolute atomic E-state index is 12.4. The standard InChI is InChI=1S/C18H23N3O2/c1-12-9-14(11-21(12)15-5-3-2-4-6-15)19-18(22)16-10-17(23-20-16)13-7-8-13/h2-6,10,12-14,16,20H,7-9,11H2,1H3,(H,19,22). The summed E-state index contributed by atoms with van der Waals surface area (Å²) >= 11 is 0. The largest absolute Gasteiger partial charge is 0.412 e. The van der Waals surface area contributed by atoms with E-state index >= 15 is 0 Å². The van der Waals surface area contributed by atoms with E-state index in [1.807, 2.05) is 12.1 Å². The molecule has 1 aliphatic carbocycles. The summed E-state index contributed by atoms with van der Waals surface area (Å²) in [6, 6.07) is 10.6. The molecule has 0 radical (unpaired) electrons. The SMILES string of the molecule is CC1CC(NC(=O)C2C=C(C3CC3)ON2)CN1c1ccccc1. The summed E-state index contributed by atoms with van der Waals surface area (Å²) in [5.41, 5.74) is 4.06. The van der Waals surface area contributed by atoms with Gasteiger partial charge < -0.3 is 15.1 Å². The Kier molecular flexibility index (Phi) is 3.73. The number of para-hydroxylation sites is 1. The van der Waals surface area contributed by atoms with Crippen LogP contribution in [0.4, 0.5) is 5.69 Å². The van der Waals surface area contributed by atoms with Crippen LogP contribution in [-0.4, -0.2) is 30.6 Å². The topological polar surface area (TPSA) is 53.6 Å². The molecule has 5 heteroatoms. The van der Waals surface area contributed by atoms with Crippen LogP contribution in [0.3, 0.4) is 0 Å². The van der Waals surface area contributed by atoms with Gasteiger partial charge in [0.15, 0.2) is 0 Å². The van der Waals surface area contributed by atoms with Gasteiger partial charge in [0.2, 0.25) is 5.91 Å². The summed E-state index contributed by atoms with van der Waals surface area (Å²) in [6.45, 7) is 3.06. The van der Waals surface area contributed by atoms with Gasteiger partial charge in [-0.05, 0) is 44.4 Å². The number of nitrogens with one attached hydrogen (secondary N) is 2. The Morgan fingerprint density at radius 2 is 2.09 bits per heavy atom. The monoisotopic (exact) mass is 313 g/mol. The average Bonchev–Trinajstić information content (AvgIpc) is 3.17. The van der Waals surface area contributed by atoms with E-state index in [0.29, 0.717) is 12.0 Å². The second kappa shape index (κ2) is 5.89. The van der Waals surface area contributed by atoms with E-state index in [9.17, 15) is 4.79 Å². The number of amides is 1. The molecule has 2 N–H and O–H groups in total. The number of rotatable bonds is 4. The number of carbonyl (C=O) groups excluding carboxylic acids is 1. The normalized spacial score (nSPS) is 30.0. The highest BCUT2D eigenvalue weighted by atomic mass is 16.7. The number of benzene rings is 1. The molecule has 2 heterocycles. The van der Waals surface area contributed by atoms with Gasteiger partial charge in [-0.15, -0.1) is 5.48 Å². The van der Waals surface area contributed by atoms with Crippen molar-refractivity contribution in [3.8, 4) is 0 Å². The number of anilines is 1. The van der Waals surface area contributed by atoms with E-state index in [1.54, 1.807) is 0 Å². The van der Waals surface area contributed by atoms with Crippen molar-refractivity contribution in [1.82, 2.24) is 10.8 Å². The summed E-state index contributed by atoms with van der Waals surface area (Å²) in [7, 11) is 0. The minimum Gasteiger partial charge on any atom is -0.412 e. The van der Waals surface area contributed by atoms with Crippen LogP contribution in [0.5, 0.6) is 0 Å². The van der Waals surface area contributed by atoms with Crippen LogP contribution >= 0.6 is 0 Å². The maximum atomic E-state index is 12.4. The predicted octanol–water partition coefficient (Wildman–Crippen LogP) is 1.97. The Balaban J connectivity index is 1.36. The Morgan fingerprint density at radius 3 is 2.83 bits per heavy atom. The Hall–Kier alpha value is -2.01. The minimum atomic E-state index is -0.355. The van der Waals surface area contributed by atoms with Crippen LogP contribution < -0.4 is 15.7 Å². The van der Waals surface area contributed by atoms with Gasteiger partial charge in [0.1, 0.15) is 11.8 Å². The fourth-order valence-corrected chi connectivity index (χ4v) is 3.49. The van der Waals surface area contributed by atoms with E-state index in [2.05, 4.69) is 46.9 Å². The second-order valence-corrected chi connectivity index (χ2v) is 6.82. The van der Waals surface area contributed by atoms with Crippen LogP contribution in [0.25, 0.3) is 0 Å². The molecular weight excluding hydrogens is 290 g/mol. The molecule has 0 bridgehead atoms. The Morgan fingerprint density at radius 1 is 1.30 bits per heavy atom. The van der Waals surface area contributed by atoms with Crippen LogP contribution in [-0.2, 0) is 9.63 Å². The maximum Gasteiger partial charge on any atom is 0.244 e. The molecule has 2 aliphatic heterocycles. The van der Waals surface area contributed by atoms with Gasteiger partial charge in [0.25, 0.3) is 0 Å². The van der Waals surface area contributed by atoms with Crippen molar-refractivity contribution in [2.75, 3.05) is 11.4 Å². The lowest BCUT2D eigenvalue weighted by Crippen LogP contribution is -2.45. The first-order valence-corrected chi connectivity index (χ1v) is 8.47. The molecule has 23 heavy (non-hydrogen) atoms. The molecule has 1 aromatic carbocycles. The molecule has 3 aliphatic rings. The van der Waals surface area contributed by atoms with Crippen molar-refractivity contribution in [2.45, 2.75) is 44.3 Å². The molecule has 3 unspecified atom stereocenters. The summed E-state index contributed by atoms with van der Waals surface area (Å²) in [5.74, 6) is 1.48. The first-order valence-electron chi connectivity index (χ1n) is 8.47. The van der Waals surface area contributed by atoms with Gasteiger partial charge in [0.05, 0.1) is 0 Å². The lowest BCUT2D eigenvalue weighted by atomic mass is 10.1. The molecular formula is C18H23N3O2. The molecule has 4 rings (SSSR count). The van der Waals surface area contributed by atoms with Gasteiger partial charge in [-0.2, -0.15) is 0 Å². The zero-order valence-corrected chi connectivity index (χ0v) is 13.4. The second-order valence-electron chi connectivity index (χ2n) is 6.82. The number of hydrogen-bond acceptors (Lipinski definition) is 4. The third kappa shape index (κ3) is 3.06. The Labute approximate surface area is 136 Å². The van der Waals surface area contributed by atoms with Crippen molar-refractivity contribution in [2.24, 2.45) is 5.92 Å². The number of hydrogen-bond donors (Lipinski definition) is 2. The summed E-state index contributed by atoms with van der Waals surface area (Å²) in [5, 5.41) is 3.16. The van der Waals surface area contributed by atoms with Gasteiger partial charge >= 0.3 is 0 Å². The third-order valence-corrected chi connectivity index (χ3v) is 4.91. The van der Waals surface area contributed by atoms with Crippen molar-refractivity contribution in [3.05, 3.63) is 42.2 Å². The average molecular weight is 313 g/mol. The first kappa shape index (κ1) is 14.6. The molecule has 1 saturated carbocycles. The fourth-order valence-electron chi connectivity index (χ4n) is 3.49. The third-order valence-electron chi connectivity index (χ3n) is 4.91. The first-order chi connectivity index (χ1) is 11.2. The number of allylic oxidation sites excluding steroid dienone is 1.